The molecular weight excluding hydrogens is 330 g/mol. The Morgan fingerprint density at radius 2 is 1.88 bits per heavy atom. The topological polar surface area (TPSA) is 76.7 Å². The lowest BCUT2D eigenvalue weighted by molar-refractivity contribution is 0.193. The van der Waals surface area contributed by atoms with Crippen molar-refractivity contribution in [2.24, 2.45) is 0 Å². The van der Waals surface area contributed by atoms with E-state index in [9.17, 15) is 0 Å². The van der Waals surface area contributed by atoms with Crippen LogP contribution in [-0.2, 0) is 4.74 Å². The summed E-state index contributed by atoms with van der Waals surface area (Å²) in [6.07, 6.45) is 0.997. The van der Waals surface area contributed by atoms with Gasteiger partial charge in [-0.15, -0.1) is 0 Å². The monoisotopic (exact) mass is 355 g/mol. The molecule has 2 N–H and O–H groups in total. The Morgan fingerprint density at radius 3 is 2.62 bits per heavy atom. The summed E-state index contributed by atoms with van der Waals surface area (Å²) in [6, 6.07) is 10.2. The average molecular weight is 355 g/mol. The SMILES string of the molecule is COc1ccccc1N1CCN(c2cc([C@H]3CCOC3)nc(N)n2)CC1. The van der Waals surface area contributed by atoms with Crippen molar-refractivity contribution in [1.82, 2.24) is 9.97 Å². The first kappa shape index (κ1) is 16.9. The van der Waals surface area contributed by atoms with Crippen molar-refractivity contribution in [2.45, 2.75) is 12.3 Å². The Bertz CT molecular complexity index is 755. The summed E-state index contributed by atoms with van der Waals surface area (Å²) in [5, 5.41) is 0. The van der Waals surface area contributed by atoms with Gasteiger partial charge < -0.3 is 25.0 Å². The Hall–Kier alpha value is -2.54. The first-order chi connectivity index (χ1) is 12.7. The van der Waals surface area contributed by atoms with E-state index in [0.29, 0.717) is 11.9 Å². The third-order valence-electron chi connectivity index (χ3n) is 5.13. The number of ether oxygens (including phenoxy) is 2. The molecule has 7 nitrogen and oxygen atoms in total. The van der Waals surface area contributed by atoms with Crippen molar-refractivity contribution in [3.63, 3.8) is 0 Å². The Morgan fingerprint density at radius 1 is 1.12 bits per heavy atom. The zero-order valence-electron chi connectivity index (χ0n) is 15.1. The minimum atomic E-state index is 0.328. The lowest BCUT2D eigenvalue weighted by Gasteiger charge is -2.37. The molecule has 1 atom stereocenters. The van der Waals surface area contributed by atoms with Crippen LogP contribution in [0.3, 0.4) is 0 Å². The molecule has 3 heterocycles. The lowest BCUT2D eigenvalue weighted by Crippen LogP contribution is -2.47. The minimum absolute atomic E-state index is 0.328. The number of methoxy groups -OCH3 is 1. The maximum atomic E-state index is 5.97. The first-order valence-corrected chi connectivity index (χ1v) is 9.09. The number of nitrogens with two attached hydrogens (primary N) is 1. The van der Waals surface area contributed by atoms with Crippen LogP contribution < -0.4 is 20.3 Å². The number of rotatable bonds is 4. The number of hydrogen-bond donors (Lipinski definition) is 1. The quantitative estimate of drug-likeness (QED) is 0.897. The highest BCUT2D eigenvalue weighted by Crippen LogP contribution is 2.30. The minimum Gasteiger partial charge on any atom is -0.495 e. The first-order valence-electron chi connectivity index (χ1n) is 9.09. The van der Waals surface area contributed by atoms with Gasteiger partial charge in [-0.1, -0.05) is 12.1 Å². The molecule has 1 aromatic heterocycles. The molecule has 0 unspecified atom stereocenters. The van der Waals surface area contributed by atoms with E-state index >= 15 is 0 Å². The fraction of sp³-hybridized carbons (Fsp3) is 0.474. The van der Waals surface area contributed by atoms with Crippen LogP contribution in [0.2, 0.25) is 0 Å². The van der Waals surface area contributed by atoms with Gasteiger partial charge in [-0.05, 0) is 18.6 Å². The van der Waals surface area contributed by atoms with Crippen LogP contribution in [0.4, 0.5) is 17.5 Å². The fourth-order valence-electron chi connectivity index (χ4n) is 3.68. The van der Waals surface area contributed by atoms with Gasteiger partial charge in [-0.3, -0.25) is 0 Å². The molecule has 0 spiro atoms. The zero-order chi connectivity index (χ0) is 17.9. The van der Waals surface area contributed by atoms with Crippen LogP contribution in [0.5, 0.6) is 5.75 Å². The van der Waals surface area contributed by atoms with Gasteiger partial charge in [0.1, 0.15) is 11.6 Å². The van der Waals surface area contributed by atoms with E-state index in [1.54, 1.807) is 7.11 Å². The van der Waals surface area contributed by atoms with Crippen LogP contribution in [0.25, 0.3) is 0 Å². The second kappa shape index (κ2) is 7.37. The smallest absolute Gasteiger partial charge is 0.222 e. The number of aromatic nitrogens is 2. The molecule has 0 saturated carbocycles. The van der Waals surface area contributed by atoms with Crippen molar-refractivity contribution in [3.05, 3.63) is 36.0 Å². The summed E-state index contributed by atoms with van der Waals surface area (Å²) in [4.78, 5) is 13.5. The van der Waals surface area contributed by atoms with Crippen LogP contribution in [0.1, 0.15) is 18.0 Å². The molecular formula is C19H25N5O2. The molecule has 2 saturated heterocycles. The van der Waals surface area contributed by atoms with E-state index in [2.05, 4.69) is 31.9 Å². The number of nitrogen functional groups attached to an aromatic ring is 1. The molecule has 0 amide bonds. The second-order valence-electron chi connectivity index (χ2n) is 6.72. The van der Waals surface area contributed by atoms with Crippen LogP contribution in [-0.4, -0.2) is 56.5 Å². The van der Waals surface area contributed by atoms with Crippen molar-refractivity contribution in [3.8, 4) is 5.75 Å². The molecule has 4 rings (SSSR count). The highest BCUT2D eigenvalue weighted by Gasteiger charge is 2.24. The molecule has 2 aromatic rings. The van der Waals surface area contributed by atoms with Crippen molar-refractivity contribution in [1.29, 1.82) is 0 Å². The van der Waals surface area contributed by atoms with Gasteiger partial charge in [0.2, 0.25) is 5.95 Å². The number of para-hydroxylation sites is 2. The number of hydrogen-bond acceptors (Lipinski definition) is 7. The average Bonchev–Trinajstić information content (AvgIpc) is 3.22. The van der Waals surface area contributed by atoms with E-state index in [1.165, 1.54) is 0 Å². The van der Waals surface area contributed by atoms with Crippen LogP contribution >= 0.6 is 0 Å². The molecule has 138 valence electrons. The van der Waals surface area contributed by atoms with Crippen molar-refractivity contribution in [2.75, 3.05) is 62.0 Å². The van der Waals surface area contributed by atoms with E-state index in [-0.39, 0.29) is 0 Å². The van der Waals surface area contributed by atoms with E-state index < -0.39 is 0 Å². The molecule has 0 radical (unpaired) electrons. The van der Waals surface area contributed by atoms with Crippen LogP contribution in [0.15, 0.2) is 30.3 Å². The lowest BCUT2D eigenvalue weighted by atomic mass is 10.0. The molecule has 26 heavy (non-hydrogen) atoms. The van der Waals surface area contributed by atoms with Crippen molar-refractivity contribution >= 4 is 17.5 Å². The van der Waals surface area contributed by atoms with Gasteiger partial charge in [-0.2, -0.15) is 4.98 Å². The standard InChI is InChI=1S/C19H25N5O2/c1-25-17-5-3-2-4-16(17)23-7-9-24(10-8-23)18-12-15(21-19(20)22-18)14-6-11-26-13-14/h2-5,12,14H,6-11,13H2,1H3,(H2,20,21,22)/t14-/m0/s1. The van der Waals surface area contributed by atoms with Gasteiger partial charge in [0.25, 0.3) is 0 Å². The summed E-state index contributed by atoms with van der Waals surface area (Å²) < 4.78 is 11.0. The maximum absolute atomic E-state index is 5.97. The second-order valence-corrected chi connectivity index (χ2v) is 6.72. The highest BCUT2D eigenvalue weighted by atomic mass is 16.5. The molecule has 1 aromatic carbocycles. The largest absolute Gasteiger partial charge is 0.495 e. The van der Waals surface area contributed by atoms with Gasteiger partial charge in [0, 0.05) is 44.8 Å². The summed E-state index contributed by atoms with van der Waals surface area (Å²) in [7, 11) is 1.72. The Labute approximate surface area is 153 Å². The summed E-state index contributed by atoms with van der Waals surface area (Å²) in [5.41, 5.74) is 8.11. The predicted molar refractivity (Wildman–Crippen MR) is 102 cm³/mol. The normalized spacial score (nSPS) is 20.4. The van der Waals surface area contributed by atoms with E-state index in [4.69, 9.17) is 15.2 Å². The molecule has 7 heteroatoms. The third-order valence-corrected chi connectivity index (χ3v) is 5.13. The van der Waals surface area contributed by atoms with Gasteiger partial charge in [-0.25, -0.2) is 4.98 Å². The molecule has 2 fully saturated rings. The fourth-order valence-corrected chi connectivity index (χ4v) is 3.68. The molecule has 0 aliphatic carbocycles. The number of anilines is 3. The zero-order valence-corrected chi connectivity index (χ0v) is 15.1. The van der Waals surface area contributed by atoms with Crippen LogP contribution in [0, 0.1) is 0 Å². The van der Waals surface area contributed by atoms with E-state index in [1.807, 2.05) is 18.2 Å². The number of piperazine rings is 1. The number of nitrogens with zero attached hydrogens (tertiary/aromatic N) is 4. The summed E-state index contributed by atoms with van der Waals surface area (Å²) in [6.45, 7) is 5.10. The van der Waals surface area contributed by atoms with Crippen molar-refractivity contribution < 1.29 is 9.47 Å². The van der Waals surface area contributed by atoms with Gasteiger partial charge >= 0.3 is 0 Å². The maximum Gasteiger partial charge on any atom is 0.222 e. The predicted octanol–water partition coefficient (Wildman–Crippen LogP) is 1.90. The van der Waals surface area contributed by atoms with Gasteiger partial charge in [0.05, 0.1) is 25.1 Å². The highest BCUT2D eigenvalue weighted by molar-refractivity contribution is 5.59. The third kappa shape index (κ3) is 3.39. The molecule has 2 aliphatic rings. The molecule has 0 bridgehead atoms. The summed E-state index contributed by atoms with van der Waals surface area (Å²) in [5.74, 6) is 2.50. The van der Waals surface area contributed by atoms with E-state index in [0.717, 1.165) is 68.8 Å². The Kier molecular flexibility index (Phi) is 4.79. The number of benzene rings is 1. The Balaban J connectivity index is 1.48. The molecule has 2 aliphatic heterocycles. The summed E-state index contributed by atoms with van der Waals surface area (Å²) >= 11 is 0. The van der Waals surface area contributed by atoms with Gasteiger partial charge in [0.15, 0.2) is 0 Å².